The molecule has 23 heavy (non-hydrogen) atoms. The van der Waals surface area contributed by atoms with Crippen molar-refractivity contribution in [2.24, 2.45) is 0 Å². The van der Waals surface area contributed by atoms with Crippen molar-refractivity contribution in [3.05, 3.63) is 63.1 Å². The largest absolute Gasteiger partial charge is 0.490 e. The molecule has 2 aromatic rings. The zero-order valence-corrected chi connectivity index (χ0v) is 14.9. The quantitative estimate of drug-likeness (QED) is 0.599. The molecule has 0 unspecified atom stereocenters. The maximum atomic E-state index is 8.64. The minimum Gasteiger partial charge on any atom is -0.490 e. The zero-order valence-electron chi connectivity index (χ0n) is 12.6. The van der Waals surface area contributed by atoms with E-state index in [-0.39, 0.29) is 0 Å². The third kappa shape index (κ3) is 5.02. The second-order valence-corrected chi connectivity index (χ2v) is 5.93. The first-order chi connectivity index (χ1) is 11.1. The standard InChI is InChI=1S/C18H15BrClNO2/c1-2-22-17-11-13(6-4-8-21)10-16(19)18(17)23-12-14-5-3-7-15(20)9-14/h3-7,9-11H,2,12H2,1H3/b6-4+. The highest BCUT2D eigenvalue weighted by atomic mass is 79.9. The molecule has 0 aliphatic carbocycles. The summed E-state index contributed by atoms with van der Waals surface area (Å²) in [5.41, 5.74) is 1.83. The van der Waals surface area contributed by atoms with Gasteiger partial charge in [-0.25, -0.2) is 0 Å². The molecular formula is C18H15BrClNO2. The van der Waals surface area contributed by atoms with Gasteiger partial charge in [0.15, 0.2) is 11.5 Å². The van der Waals surface area contributed by atoms with Crippen molar-refractivity contribution >= 4 is 33.6 Å². The summed E-state index contributed by atoms with van der Waals surface area (Å²) in [5, 5.41) is 9.31. The molecule has 0 fully saturated rings. The molecule has 0 aromatic heterocycles. The molecule has 2 rings (SSSR count). The van der Waals surface area contributed by atoms with E-state index in [2.05, 4.69) is 15.9 Å². The van der Waals surface area contributed by atoms with Gasteiger partial charge in [-0.1, -0.05) is 23.7 Å². The Balaban J connectivity index is 2.26. The minimum absolute atomic E-state index is 0.382. The fourth-order valence-corrected chi connectivity index (χ4v) is 2.79. The molecule has 0 amide bonds. The minimum atomic E-state index is 0.382. The Morgan fingerprint density at radius 2 is 2.09 bits per heavy atom. The molecular weight excluding hydrogens is 378 g/mol. The van der Waals surface area contributed by atoms with Crippen molar-refractivity contribution < 1.29 is 9.47 Å². The molecule has 0 N–H and O–H groups in total. The van der Waals surface area contributed by atoms with E-state index >= 15 is 0 Å². The molecule has 0 saturated carbocycles. The second-order valence-electron chi connectivity index (χ2n) is 4.64. The number of halogens is 2. The molecule has 0 aliphatic heterocycles. The molecule has 3 nitrogen and oxygen atoms in total. The Labute approximate surface area is 149 Å². The molecule has 0 saturated heterocycles. The Morgan fingerprint density at radius 3 is 2.78 bits per heavy atom. The van der Waals surface area contributed by atoms with E-state index < -0.39 is 0 Å². The Hall–Kier alpha value is -1.96. The summed E-state index contributed by atoms with van der Waals surface area (Å²) in [6.07, 6.45) is 3.14. The molecule has 5 heteroatoms. The van der Waals surface area contributed by atoms with Crippen LogP contribution in [-0.2, 0) is 6.61 Å². The lowest BCUT2D eigenvalue weighted by Crippen LogP contribution is -2.01. The summed E-state index contributed by atoms with van der Waals surface area (Å²) in [4.78, 5) is 0. The summed E-state index contributed by atoms with van der Waals surface area (Å²) in [6.45, 7) is 2.81. The number of rotatable bonds is 6. The monoisotopic (exact) mass is 391 g/mol. The fourth-order valence-electron chi connectivity index (χ4n) is 2.00. The highest BCUT2D eigenvalue weighted by Gasteiger charge is 2.12. The van der Waals surface area contributed by atoms with Gasteiger partial charge in [-0.15, -0.1) is 0 Å². The van der Waals surface area contributed by atoms with Crippen LogP contribution in [0.2, 0.25) is 5.02 Å². The van der Waals surface area contributed by atoms with Gasteiger partial charge >= 0.3 is 0 Å². The van der Waals surface area contributed by atoms with Crippen molar-refractivity contribution in [3.8, 4) is 17.6 Å². The smallest absolute Gasteiger partial charge is 0.175 e. The third-order valence-corrected chi connectivity index (χ3v) is 3.78. The van der Waals surface area contributed by atoms with E-state index in [9.17, 15) is 0 Å². The number of benzene rings is 2. The first kappa shape index (κ1) is 17.4. The number of nitriles is 1. The van der Waals surface area contributed by atoms with E-state index in [1.807, 2.05) is 49.4 Å². The lowest BCUT2D eigenvalue weighted by atomic mass is 10.2. The van der Waals surface area contributed by atoms with E-state index in [0.29, 0.717) is 29.7 Å². The van der Waals surface area contributed by atoms with Crippen LogP contribution in [0.3, 0.4) is 0 Å². The lowest BCUT2D eigenvalue weighted by molar-refractivity contribution is 0.267. The average Bonchev–Trinajstić information content (AvgIpc) is 2.52. The molecule has 118 valence electrons. The van der Waals surface area contributed by atoms with Gasteiger partial charge in [-0.05, 0) is 64.3 Å². The molecule has 0 radical (unpaired) electrons. The summed E-state index contributed by atoms with van der Waals surface area (Å²) >= 11 is 9.48. The third-order valence-electron chi connectivity index (χ3n) is 2.95. The zero-order chi connectivity index (χ0) is 16.7. The van der Waals surface area contributed by atoms with Crippen LogP contribution in [0.1, 0.15) is 18.1 Å². The van der Waals surface area contributed by atoms with Crippen LogP contribution in [0, 0.1) is 11.3 Å². The molecule has 0 atom stereocenters. The molecule has 0 bridgehead atoms. The molecule has 0 spiro atoms. The maximum absolute atomic E-state index is 8.64. The van der Waals surface area contributed by atoms with Crippen LogP contribution in [0.15, 0.2) is 46.9 Å². The van der Waals surface area contributed by atoms with Crippen molar-refractivity contribution in [2.45, 2.75) is 13.5 Å². The fraction of sp³-hybridized carbons (Fsp3) is 0.167. The van der Waals surface area contributed by atoms with Gasteiger partial charge in [0.1, 0.15) is 6.61 Å². The van der Waals surface area contributed by atoms with E-state index in [0.717, 1.165) is 15.6 Å². The number of ether oxygens (including phenoxy) is 2. The van der Waals surface area contributed by atoms with E-state index in [1.54, 1.807) is 6.08 Å². The van der Waals surface area contributed by atoms with Crippen LogP contribution >= 0.6 is 27.5 Å². The van der Waals surface area contributed by atoms with Crippen molar-refractivity contribution in [2.75, 3.05) is 6.61 Å². The van der Waals surface area contributed by atoms with Crippen LogP contribution in [-0.4, -0.2) is 6.61 Å². The predicted molar refractivity (Wildman–Crippen MR) is 95.7 cm³/mol. The first-order valence-electron chi connectivity index (χ1n) is 7.03. The Bertz CT molecular complexity index is 753. The van der Waals surface area contributed by atoms with Crippen LogP contribution in [0.25, 0.3) is 6.08 Å². The van der Waals surface area contributed by atoms with E-state index in [4.69, 9.17) is 26.3 Å². The molecule has 0 heterocycles. The summed E-state index contributed by atoms with van der Waals surface area (Å²) in [7, 11) is 0. The summed E-state index contributed by atoms with van der Waals surface area (Å²) in [5.74, 6) is 1.25. The van der Waals surface area contributed by atoms with Gasteiger partial charge in [-0.2, -0.15) is 5.26 Å². The van der Waals surface area contributed by atoms with Gasteiger partial charge in [-0.3, -0.25) is 0 Å². The van der Waals surface area contributed by atoms with Crippen molar-refractivity contribution in [3.63, 3.8) is 0 Å². The highest BCUT2D eigenvalue weighted by molar-refractivity contribution is 9.10. The van der Waals surface area contributed by atoms with Crippen molar-refractivity contribution in [1.29, 1.82) is 5.26 Å². The number of hydrogen-bond donors (Lipinski definition) is 0. The second kappa shape index (κ2) is 8.61. The average molecular weight is 393 g/mol. The van der Waals surface area contributed by atoms with Crippen LogP contribution < -0.4 is 9.47 Å². The van der Waals surface area contributed by atoms with Gasteiger partial charge in [0.2, 0.25) is 0 Å². The maximum Gasteiger partial charge on any atom is 0.175 e. The summed E-state index contributed by atoms with van der Waals surface area (Å²) < 4.78 is 12.3. The lowest BCUT2D eigenvalue weighted by Gasteiger charge is -2.15. The Morgan fingerprint density at radius 1 is 1.26 bits per heavy atom. The predicted octanol–water partition coefficient (Wildman–Crippen LogP) is 5.62. The number of hydrogen-bond acceptors (Lipinski definition) is 3. The topological polar surface area (TPSA) is 42.2 Å². The van der Waals surface area contributed by atoms with Crippen LogP contribution in [0.5, 0.6) is 11.5 Å². The van der Waals surface area contributed by atoms with Gasteiger partial charge in [0.25, 0.3) is 0 Å². The summed E-state index contributed by atoms with van der Waals surface area (Å²) in [6, 6.07) is 13.2. The first-order valence-corrected chi connectivity index (χ1v) is 8.21. The van der Waals surface area contributed by atoms with Crippen LogP contribution in [0.4, 0.5) is 0 Å². The SMILES string of the molecule is CCOc1cc(/C=C/C#N)cc(Br)c1OCc1cccc(Cl)c1. The van der Waals surface area contributed by atoms with E-state index in [1.165, 1.54) is 6.08 Å². The highest BCUT2D eigenvalue weighted by Crippen LogP contribution is 2.37. The van der Waals surface area contributed by atoms with Gasteiger partial charge < -0.3 is 9.47 Å². The molecule has 2 aromatic carbocycles. The number of nitrogens with zero attached hydrogens (tertiary/aromatic N) is 1. The number of allylic oxidation sites excluding steroid dienone is 1. The molecule has 0 aliphatic rings. The van der Waals surface area contributed by atoms with Crippen molar-refractivity contribution in [1.82, 2.24) is 0 Å². The Kier molecular flexibility index (Phi) is 6.52. The van der Waals surface area contributed by atoms with Gasteiger partial charge in [0.05, 0.1) is 17.1 Å². The van der Waals surface area contributed by atoms with Gasteiger partial charge in [0, 0.05) is 11.1 Å². The normalized spacial score (nSPS) is 10.5.